The second kappa shape index (κ2) is 5.63. The summed E-state index contributed by atoms with van der Waals surface area (Å²) in [4.78, 5) is 16.6. The van der Waals surface area contributed by atoms with Crippen LogP contribution in [0.1, 0.15) is 19.3 Å². The standard InChI is InChI=1S/C12H16FN5O2S/c1-21-11-14-5-9(16-17-11)15-7-4-6-2-3-8(10(7)13)18(6)12(19)20/h5-8,10H,2-4H2,1H3,(H,15,16)(H,19,20)/t6-,7-,8+,10-/m0/s1. The summed E-state index contributed by atoms with van der Waals surface area (Å²) in [7, 11) is 0. The quantitative estimate of drug-likeness (QED) is 0.819. The molecule has 2 N–H and O–H groups in total. The van der Waals surface area contributed by atoms with Gasteiger partial charge in [-0.05, 0) is 25.5 Å². The van der Waals surface area contributed by atoms with Crippen LogP contribution in [0.2, 0.25) is 0 Å². The van der Waals surface area contributed by atoms with Gasteiger partial charge in [0.15, 0.2) is 5.82 Å². The Balaban J connectivity index is 1.71. The second-order valence-corrected chi connectivity index (χ2v) is 6.02. The van der Waals surface area contributed by atoms with Gasteiger partial charge in [-0.3, -0.25) is 4.90 Å². The number of carbonyl (C=O) groups is 1. The first-order valence-corrected chi connectivity index (χ1v) is 7.98. The third-order valence-electron chi connectivity index (χ3n) is 4.10. The van der Waals surface area contributed by atoms with Gasteiger partial charge in [0, 0.05) is 6.04 Å². The van der Waals surface area contributed by atoms with Gasteiger partial charge in [0.2, 0.25) is 5.16 Å². The first-order chi connectivity index (χ1) is 10.1. The molecule has 2 aliphatic rings. The number of thioether (sulfide) groups is 1. The summed E-state index contributed by atoms with van der Waals surface area (Å²) in [5.41, 5.74) is 0. The number of alkyl halides is 1. The molecular weight excluding hydrogens is 297 g/mol. The number of halogens is 1. The van der Waals surface area contributed by atoms with Gasteiger partial charge < -0.3 is 10.4 Å². The maximum absolute atomic E-state index is 14.5. The lowest BCUT2D eigenvalue weighted by atomic mass is 9.96. The van der Waals surface area contributed by atoms with Crippen molar-refractivity contribution in [3.63, 3.8) is 0 Å². The van der Waals surface area contributed by atoms with Crippen molar-refractivity contribution in [2.45, 2.75) is 48.7 Å². The molecule has 2 aliphatic heterocycles. The molecule has 21 heavy (non-hydrogen) atoms. The summed E-state index contributed by atoms with van der Waals surface area (Å²) in [6, 6.07) is -1.14. The first kappa shape index (κ1) is 14.3. The summed E-state index contributed by atoms with van der Waals surface area (Å²) in [5.74, 6) is 0.420. The molecule has 3 heterocycles. The Labute approximate surface area is 125 Å². The molecule has 1 amide bonds. The van der Waals surface area contributed by atoms with Crippen LogP contribution in [0, 0.1) is 0 Å². The largest absolute Gasteiger partial charge is 0.465 e. The van der Waals surface area contributed by atoms with E-state index in [0.29, 0.717) is 30.2 Å². The lowest BCUT2D eigenvalue weighted by Gasteiger charge is -2.39. The number of piperidine rings is 1. The predicted octanol–water partition coefficient (Wildman–Crippen LogP) is 1.63. The van der Waals surface area contributed by atoms with Crippen molar-refractivity contribution in [2.75, 3.05) is 11.6 Å². The minimum Gasteiger partial charge on any atom is -0.465 e. The van der Waals surface area contributed by atoms with Crippen molar-refractivity contribution >= 4 is 23.7 Å². The first-order valence-electron chi connectivity index (χ1n) is 6.75. The molecular formula is C12H16FN5O2S. The fraction of sp³-hybridized carbons (Fsp3) is 0.667. The lowest BCUT2D eigenvalue weighted by Crippen LogP contribution is -2.56. The molecule has 0 aliphatic carbocycles. The van der Waals surface area contributed by atoms with Crippen molar-refractivity contribution in [1.82, 2.24) is 20.1 Å². The minimum atomic E-state index is -1.25. The van der Waals surface area contributed by atoms with Crippen molar-refractivity contribution in [1.29, 1.82) is 0 Å². The van der Waals surface area contributed by atoms with E-state index in [1.807, 2.05) is 6.26 Å². The molecule has 4 atom stereocenters. The fourth-order valence-corrected chi connectivity index (χ4v) is 3.48. The monoisotopic (exact) mass is 313 g/mol. The third-order valence-corrected chi connectivity index (χ3v) is 4.65. The van der Waals surface area contributed by atoms with Crippen LogP contribution < -0.4 is 5.32 Å². The molecule has 3 rings (SSSR count). The van der Waals surface area contributed by atoms with E-state index in [4.69, 9.17) is 0 Å². The van der Waals surface area contributed by atoms with E-state index in [2.05, 4.69) is 20.5 Å². The average molecular weight is 313 g/mol. The van der Waals surface area contributed by atoms with E-state index < -0.39 is 24.3 Å². The van der Waals surface area contributed by atoms with Gasteiger partial charge in [0.25, 0.3) is 0 Å². The number of fused-ring (bicyclic) bond motifs is 2. The maximum Gasteiger partial charge on any atom is 0.407 e. The van der Waals surface area contributed by atoms with E-state index in [0.717, 1.165) is 0 Å². The smallest absolute Gasteiger partial charge is 0.407 e. The van der Waals surface area contributed by atoms with E-state index in [1.165, 1.54) is 22.9 Å². The predicted molar refractivity (Wildman–Crippen MR) is 75.2 cm³/mol. The molecule has 2 fully saturated rings. The molecule has 0 radical (unpaired) electrons. The molecule has 1 aromatic rings. The lowest BCUT2D eigenvalue weighted by molar-refractivity contribution is 0.0544. The maximum atomic E-state index is 14.5. The highest BCUT2D eigenvalue weighted by atomic mass is 32.2. The van der Waals surface area contributed by atoms with Gasteiger partial charge in [0.1, 0.15) is 6.17 Å². The number of hydrogen-bond donors (Lipinski definition) is 2. The summed E-state index contributed by atoms with van der Waals surface area (Å²) in [6.07, 6.45) is 2.82. The summed E-state index contributed by atoms with van der Waals surface area (Å²) >= 11 is 1.38. The minimum absolute atomic E-state index is 0.122. The van der Waals surface area contributed by atoms with E-state index in [9.17, 15) is 14.3 Å². The van der Waals surface area contributed by atoms with E-state index in [-0.39, 0.29) is 6.04 Å². The highest BCUT2D eigenvalue weighted by Crippen LogP contribution is 2.38. The van der Waals surface area contributed by atoms with Crippen molar-refractivity contribution in [3.05, 3.63) is 6.20 Å². The van der Waals surface area contributed by atoms with Crippen molar-refractivity contribution in [3.8, 4) is 0 Å². The Bertz CT molecular complexity index is 531. The van der Waals surface area contributed by atoms with Crippen LogP contribution in [0.5, 0.6) is 0 Å². The molecule has 2 bridgehead atoms. The van der Waals surface area contributed by atoms with Gasteiger partial charge in [-0.25, -0.2) is 14.2 Å². The Morgan fingerprint density at radius 1 is 1.52 bits per heavy atom. The van der Waals surface area contributed by atoms with Crippen molar-refractivity contribution < 1.29 is 14.3 Å². The molecule has 1 aromatic heterocycles. The molecule has 0 aromatic carbocycles. The SMILES string of the molecule is CSc1ncc(N[C@H]2C[C@@H]3CC[C@H]([C@H]2F)N3C(=O)O)nn1. The van der Waals surface area contributed by atoms with Crippen molar-refractivity contribution in [2.24, 2.45) is 0 Å². The zero-order valence-corrected chi connectivity index (χ0v) is 12.3. The van der Waals surface area contributed by atoms with E-state index in [1.54, 1.807) is 0 Å². The topological polar surface area (TPSA) is 91.2 Å². The Morgan fingerprint density at radius 3 is 2.95 bits per heavy atom. The number of rotatable bonds is 3. The van der Waals surface area contributed by atoms with Gasteiger partial charge >= 0.3 is 6.09 Å². The number of hydrogen-bond acceptors (Lipinski definition) is 6. The molecule has 9 heteroatoms. The zero-order valence-electron chi connectivity index (χ0n) is 11.4. The van der Waals surface area contributed by atoms with Crippen LogP contribution >= 0.6 is 11.8 Å². The van der Waals surface area contributed by atoms with Crippen LogP contribution in [0.4, 0.5) is 15.0 Å². The molecule has 0 unspecified atom stereocenters. The highest BCUT2D eigenvalue weighted by molar-refractivity contribution is 7.98. The van der Waals surface area contributed by atoms with Crippen LogP contribution in [-0.4, -0.2) is 61.8 Å². The van der Waals surface area contributed by atoms with Gasteiger partial charge in [-0.2, -0.15) is 0 Å². The molecule has 7 nitrogen and oxygen atoms in total. The molecule has 114 valence electrons. The van der Waals surface area contributed by atoms with E-state index >= 15 is 0 Å². The second-order valence-electron chi connectivity index (χ2n) is 5.25. The average Bonchev–Trinajstić information content (AvgIpc) is 2.83. The van der Waals surface area contributed by atoms with Gasteiger partial charge in [-0.15, -0.1) is 10.2 Å². The van der Waals surface area contributed by atoms with Gasteiger partial charge in [0.05, 0.1) is 18.3 Å². The van der Waals surface area contributed by atoms with Crippen LogP contribution in [-0.2, 0) is 0 Å². The van der Waals surface area contributed by atoms with Crippen LogP contribution in [0.25, 0.3) is 0 Å². The van der Waals surface area contributed by atoms with Crippen LogP contribution in [0.15, 0.2) is 11.4 Å². The Morgan fingerprint density at radius 2 is 2.33 bits per heavy atom. The molecule has 0 spiro atoms. The highest BCUT2D eigenvalue weighted by Gasteiger charge is 2.50. The number of amides is 1. The normalized spacial score (nSPS) is 31.2. The third kappa shape index (κ3) is 2.61. The number of anilines is 1. The summed E-state index contributed by atoms with van der Waals surface area (Å²) in [6.45, 7) is 0. The number of carboxylic acid groups (broad SMARTS) is 1. The number of nitrogens with one attached hydrogen (secondary N) is 1. The summed E-state index contributed by atoms with van der Waals surface area (Å²) in [5, 5.41) is 20.6. The summed E-state index contributed by atoms with van der Waals surface area (Å²) < 4.78 is 14.5. The van der Waals surface area contributed by atoms with Gasteiger partial charge in [-0.1, -0.05) is 11.8 Å². The zero-order chi connectivity index (χ0) is 15.0. The number of aromatic nitrogens is 3. The molecule has 2 saturated heterocycles. The van der Waals surface area contributed by atoms with Crippen LogP contribution in [0.3, 0.4) is 0 Å². The Hall–Kier alpha value is -1.64. The number of nitrogens with zero attached hydrogens (tertiary/aromatic N) is 4. The fourth-order valence-electron chi connectivity index (χ4n) is 3.20. The molecule has 0 saturated carbocycles. The Kier molecular flexibility index (Phi) is 3.83.